The van der Waals surface area contributed by atoms with Gasteiger partial charge in [0.1, 0.15) is 17.1 Å². The van der Waals surface area contributed by atoms with E-state index in [2.05, 4.69) is 11.4 Å². The highest BCUT2D eigenvalue weighted by Crippen LogP contribution is 2.32. The summed E-state index contributed by atoms with van der Waals surface area (Å²) in [4.78, 5) is 26.0. The fraction of sp³-hybridized carbons (Fsp3) is 0.235. The van der Waals surface area contributed by atoms with E-state index < -0.39 is 11.9 Å². The Hall–Kier alpha value is -2.85. The molecule has 1 fully saturated rings. The smallest absolute Gasteiger partial charge is 0.251 e. The zero-order valence-electron chi connectivity index (χ0n) is 13.1. The van der Waals surface area contributed by atoms with E-state index in [1.807, 2.05) is 6.07 Å². The minimum absolute atomic E-state index is 0.106. The van der Waals surface area contributed by atoms with Crippen LogP contribution >= 0.6 is 11.3 Å². The maximum atomic E-state index is 12.7. The standard InChI is InChI=1S/C17H16N4O2S/c1-10-3-2-4-12(14(10)15(19)22)20-13-5-7-21(16(13)23)17-11(9-18)6-8-24-17/h2-4,6,8,13,20H,5,7H2,1H3,(H2,19,22)/t13-/m1/s1. The van der Waals surface area contributed by atoms with Gasteiger partial charge in [-0.3, -0.25) is 9.59 Å². The average molecular weight is 340 g/mol. The highest BCUT2D eigenvalue weighted by molar-refractivity contribution is 7.14. The molecule has 7 heteroatoms. The molecule has 2 heterocycles. The third kappa shape index (κ3) is 2.72. The number of primary amides is 1. The van der Waals surface area contributed by atoms with Crippen LogP contribution in [0.3, 0.4) is 0 Å². The number of nitrogens with zero attached hydrogens (tertiary/aromatic N) is 2. The number of nitriles is 1. The Morgan fingerprint density at radius 3 is 2.96 bits per heavy atom. The summed E-state index contributed by atoms with van der Waals surface area (Å²) in [5.41, 5.74) is 7.69. The normalized spacial score (nSPS) is 16.9. The predicted molar refractivity (Wildman–Crippen MR) is 93.1 cm³/mol. The fourth-order valence-corrected chi connectivity index (χ4v) is 3.80. The second kappa shape index (κ2) is 6.34. The molecule has 0 saturated carbocycles. The van der Waals surface area contributed by atoms with Crippen molar-refractivity contribution in [3.8, 4) is 6.07 Å². The Kier molecular flexibility index (Phi) is 4.23. The van der Waals surface area contributed by atoms with Crippen molar-refractivity contribution in [1.29, 1.82) is 5.26 Å². The lowest BCUT2D eigenvalue weighted by atomic mass is 10.1. The molecule has 24 heavy (non-hydrogen) atoms. The van der Waals surface area contributed by atoms with Crippen LogP contribution in [0.5, 0.6) is 0 Å². The lowest BCUT2D eigenvalue weighted by molar-refractivity contribution is -0.117. The summed E-state index contributed by atoms with van der Waals surface area (Å²) in [7, 11) is 0. The van der Waals surface area contributed by atoms with Crippen molar-refractivity contribution in [3.05, 3.63) is 46.3 Å². The Morgan fingerprint density at radius 2 is 2.25 bits per heavy atom. The van der Waals surface area contributed by atoms with Gasteiger partial charge in [0.05, 0.1) is 11.1 Å². The first-order chi connectivity index (χ1) is 11.5. The van der Waals surface area contributed by atoms with Gasteiger partial charge in [-0.05, 0) is 36.4 Å². The van der Waals surface area contributed by atoms with Crippen LogP contribution in [0.25, 0.3) is 0 Å². The van der Waals surface area contributed by atoms with Gasteiger partial charge in [0.2, 0.25) is 5.91 Å². The molecular weight excluding hydrogens is 324 g/mol. The van der Waals surface area contributed by atoms with Crippen LogP contribution in [0.15, 0.2) is 29.6 Å². The fourth-order valence-electron chi connectivity index (χ4n) is 2.91. The van der Waals surface area contributed by atoms with Crippen LogP contribution in [-0.4, -0.2) is 24.4 Å². The molecule has 3 N–H and O–H groups in total. The van der Waals surface area contributed by atoms with Gasteiger partial charge in [-0.2, -0.15) is 5.26 Å². The molecule has 1 aliphatic heterocycles. The molecule has 0 aliphatic carbocycles. The number of aryl methyl sites for hydroxylation is 1. The molecule has 0 spiro atoms. The topological polar surface area (TPSA) is 99.2 Å². The minimum atomic E-state index is -0.525. The molecule has 122 valence electrons. The summed E-state index contributed by atoms with van der Waals surface area (Å²) in [6.07, 6.45) is 0.591. The van der Waals surface area contributed by atoms with Gasteiger partial charge in [-0.1, -0.05) is 12.1 Å². The minimum Gasteiger partial charge on any atom is -0.373 e. The van der Waals surface area contributed by atoms with Crippen molar-refractivity contribution in [2.45, 2.75) is 19.4 Å². The van der Waals surface area contributed by atoms with Gasteiger partial charge in [-0.15, -0.1) is 11.3 Å². The highest BCUT2D eigenvalue weighted by atomic mass is 32.1. The van der Waals surface area contributed by atoms with Crippen molar-refractivity contribution in [3.63, 3.8) is 0 Å². The molecule has 0 unspecified atom stereocenters. The van der Waals surface area contributed by atoms with E-state index in [1.54, 1.807) is 35.4 Å². The van der Waals surface area contributed by atoms with Crippen LogP contribution in [0.4, 0.5) is 10.7 Å². The van der Waals surface area contributed by atoms with Gasteiger partial charge in [0.25, 0.3) is 5.91 Å². The number of nitrogens with two attached hydrogens (primary N) is 1. The summed E-state index contributed by atoms with van der Waals surface area (Å²) in [5, 5.41) is 14.7. The molecule has 2 aromatic rings. The van der Waals surface area contributed by atoms with Gasteiger partial charge < -0.3 is 16.0 Å². The molecule has 1 aliphatic rings. The molecule has 1 aromatic heterocycles. The first-order valence-electron chi connectivity index (χ1n) is 7.48. The Morgan fingerprint density at radius 1 is 1.46 bits per heavy atom. The third-order valence-corrected chi connectivity index (χ3v) is 5.00. The molecule has 2 amide bonds. The van der Waals surface area contributed by atoms with Gasteiger partial charge in [0.15, 0.2) is 0 Å². The second-order valence-corrected chi connectivity index (χ2v) is 6.48. The van der Waals surface area contributed by atoms with Crippen LogP contribution in [0, 0.1) is 18.3 Å². The van der Waals surface area contributed by atoms with E-state index in [0.717, 1.165) is 5.56 Å². The number of rotatable bonds is 4. The number of amides is 2. The number of hydrogen-bond donors (Lipinski definition) is 2. The second-order valence-electron chi connectivity index (χ2n) is 5.59. The van der Waals surface area contributed by atoms with Crippen molar-refractivity contribution in [1.82, 2.24) is 0 Å². The zero-order valence-corrected chi connectivity index (χ0v) is 13.9. The van der Waals surface area contributed by atoms with E-state index in [0.29, 0.717) is 34.8 Å². The molecule has 1 aromatic carbocycles. The largest absolute Gasteiger partial charge is 0.373 e. The summed E-state index contributed by atoms with van der Waals surface area (Å²) in [6.45, 7) is 2.34. The van der Waals surface area contributed by atoms with E-state index >= 15 is 0 Å². The lowest BCUT2D eigenvalue weighted by Crippen LogP contribution is -2.34. The van der Waals surface area contributed by atoms with Crippen LogP contribution < -0.4 is 16.0 Å². The molecule has 0 radical (unpaired) electrons. The molecule has 1 atom stereocenters. The van der Waals surface area contributed by atoms with Crippen LogP contribution in [0.2, 0.25) is 0 Å². The average Bonchev–Trinajstić information content (AvgIpc) is 3.14. The number of nitrogens with one attached hydrogen (secondary N) is 1. The SMILES string of the molecule is Cc1cccc(N[C@@H]2CCN(c3sccc3C#N)C2=O)c1C(N)=O. The lowest BCUT2D eigenvalue weighted by Gasteiger charge is -2.18. The first-order valence-corrected chi connectivity index (χ1v) is 8.36. The maximum absolute atomic E-state index is 12.7. The molecular formula is C17H16N4O2S. The quantitative estimate of drug-likeness (QED) is 0.891. The van der Waals surface area contributed by atoms with Gasteiger partial charge >= 0.3 is 0 Å². The number of carbonyl (C=O) groups excluding carboxylic acids is 2. The van der Waals surface area contributed by atoms with Gasteiger partial charge in [-0.25, -0.2) is 0 Å². The Labute approximate surface area is 143 Å². The van der Waals surface area contributed by atoms with Crippen molar-refractivity contribution in [2.24, 2.45) is 5.73 Å². The highest BCUT2D eigenvalue weighted by Gasteiger charge is 2.34. The predicted octanol–water partition coefficient (Wildman–Crippen LogP) is 2.24. The molecule has 3 rings (SSSR count). The number of benzene rings is 1. The first kappa shape index (κ1) is 16.0. The number of carbonyl (C=O) groups is 2. The van der Waals surface area contributed by atoms with E-state index in [4.69, 9.17) is 11.0 Å². The number of anilines is 2. The van der Waals surface area contributed by atoms with E-state index in [-0.39, 0.29) is 5.91 Å². The Bertz CT molecular complexity index is 853. The number of thiophene rings is 1. The molecule has 1 saturated heterocycles. The van der Waals surface area contributed by atoms with E-state index in [1.165, 1.54) is 11.3 Å². The van der Waals surface area contributed by atoms with E-state index in [9.17, 15) is 9.59 Å². The van der Waals surface area contributed by atoms with Crippen molar-refractivity contribution in [2.75, 3.05) is 16.8 Å². The van der Waals surface area contributed by atoms with Crippen molar-refractivity contribution >= 4 is 33.8 Å². The Balaban J connectivity index is 1.84. The summed E-state index contributed by atoms with van der Waals surface area (Å²) < 4.78 is 0. The summed E-state index contributed by atoms with van der Waals surface area (Å²) in [6, 6.07) is 8.73. The summed E-state index contributed by atoms with van der Waals surface area (Å²) in [5.74, 6) is -0.631. The van der Waals surface area contributed by atoms with Crippen molar-refractivity contribution < 1.29 is 9.59 Å². The van der Waals surface area contributed by atoms with Crippen LogP contribution in [-0.2, 0) is 4.79 Å². The summed E-state index contributed by atoms with van der Waals surface area (Å²) >= 11 is 1.37. The third-order valence-electron chi connectivity index (χ3n) is 4.06. The molecule has 6 nitrogen and oxygen atoms in total. The van der Waals surface area contributed by atoms with Gasteiger partial charge in [0, 0.05) is 12.2 Å². The number of hydrogen-bond acceptors (Lipinski definition) is 5. The maximum Gasteiger partial charge on any atom is 0.251 e. The zero-order chi connectivity index (χ0) is 17.3. The monoisotopic (exact) mass is 340 g/mol. The molecule has 0 bridgehead atoms. The van der Waals surface area contributed by atoms with Crippen LogP contribution in [0.1, 0.15) is 27.9 Å².